The molecule has 5 nitrogen and oxygen atoms in total. The van der Waals surface area contributed by atoms with Gasteiger partial charge in [0.05, 0.1) is 12.0 Å². The summed E-state index contributed by atoms with van der Waals surface area (Å²) >= 11 is 6.09. The Morgan fingerprint density at radius 3 is 2.59 bits per heavy atom. The minimum Gasteiger partial charge on any atom is -0.486 e. The predicted molar refractivity (Wildman–Crippen MR) is 105 cm³/mol. The summed E-state index contributed by atoms with van der Waals surface area (Å²) in [6.45, 7) is 3.00. The number of hydrogen-bond acceptors (Lipinski definition) is 3. The third kappa shape index (κ3) is 3.52. The van der Waals surface area contributed by atoms with Gasteiger partial charge in [-0.1, -0.05) is 29.8 Å². The van der Waals surface area contributed by atoms with E-state index in [0.29, 0.717) is 48.7 Å². The number of amides is 2. The molecule has 2 amide bonds. The van der Waals surface area contributed by atoms with Crippen molar-refractivity contribution in [1.82, 2.24) is 4.90 Å². The van der Waals surface area contributed by atoms with Crippen LogP contribution in [0.4, 0.5) is 10.5 Å². The van der Waals surface area contributed by atoms with Crippen molar-refractivity contribution in [2.75, 3.05) is 18.4 Å². The third-order valence-corrected chi connectivity index (χ3v) is 5.55. The van der Waals surface area contributed by atoms with E-state index in [0.717, 1.165) is 11.3 Å². The molecule has 0 atom stereocenters. The van der Waals surface area contributed by atoms with Gasteiger partial charge < -0.3 is 15.0 Å². The number of nitrogens with one attached hydrogen (secondary N) is 1. The molecule has 2 aliphatic rings. The molecular weight excluding hydrogens is 364 g/mol. The van der Waals surface area contributed by atoms with E-state index in [1.54, 1.807) is 11.0 Å². The molecule has 27 heavy (non-hydrogen) atoms. The van der Waals surface area contributed by atoms with Crippen molar-refractivity contribution < 1.29 is 14.3 Å². The van der Waals surface area contributed by atoms with Crippen molar-refractivity contribution in [2.45, 2.75) is 31.8 Å². The van der Waals surface area contributed by atoms with Gasteiger partial charge in [0.2, 0.25) is 0 Å². The van der Waals surface area contributed by atoms with Gasteiger partial charge in [-0.25, -0.2) is 4.79 Å². The summed E-state index contributed by atoms with van der Waals surface area (Å²) < 4.78 is 6.33. The number of halogens is 1. The molecule has 0 bridgehead atoms. The van der Waals surface area contributed by atoms with E-state index < -0.39 is 5.60 Å². The molecule has 6 heteroatoms. The molecule has 0 radical (unpaired) electrons. The van der Waals surface area contributed by atoms with Crippen LogP contribution in [0.15, 0.2) is 42.5 Å². The molecule has 1 fully saturated rings. The lowest BCUT2D eigenvalue weighted by Crippen LogP contribution is -2.53. The maximum atomic E-state index is 12.7. The van der Waals surface area contributed by atoms with Crippen molar-refractivity contribution in [1.29, 1.82) is 0 Å². The minimum absolute atomic E-state index is 0.0593. The largest absolute Gasteiger partial charge is 0.486 e. The summed E-state index contributed by atoms with van der Waals surface area (Å²) in [4.78, 5) is 26.9. The highest BCUT2D eigenvalue weighted by molar-refractivity contribution is 6.31. The zero-order chi connectivity index (χ0) is 19.0. The highest BCUT2D eigenvalue weighted by Gasteiger charge is 2.44. The molecule has 2 aliphatic heterocycles. The summed E-state index contributed by atoms with van der Waals surface area (Å²) in [5.41, 5.74) is 1.67. The number of likely N-dealkylation sites (tertiary alicyclic amines) is 1. The molecule has 2 aromatic carbocycles. The van der Waals surface area contributed by atoms with Crippen LogP contribution >= 0.6 is 11.6 Å². The van der Waals surface area contributed by atoms with E-state index in [9.17, 15) is 9.59 Å². The molecular formula is C21H21ClN2O3. The Morgan fingerprint density at radius 2 is 1.89 bits per heavy atom. The molecule has 140 valence electrons. The van der Waals surface area contributed by atoms with Crippen molar-refractivity contribution in [3.63, 3.8) is 0 Å². The normalized spacial score (nSPS) is 18.0. The number of urea groups is 1. The van der Waals surface area contributed by atoms with Crippen molar-refractivity contribution >= 4 is 29.1 Å². The van der Waals surface area contributed by atoms with Gasteiger partial charge >= 0.3 is 6.03 Å². The fourth-order valence-corrected chi connectivity index (χ4v) is 4.11. The van der Waals surface area contributed by atoms with Crippen LogP contribution in [0.2, 0.25) is 5.02 Å². The number of hydrogen-bond donors (Lipinski definition) is 1. The lowest BCUT2D eigenvalue weighted by atomic mass is 9.82. The molecule has 0 aromatic heterocycles. The highest BCUT2D eigenvalue weighted by atomic mass is 35.5. The summed E-state index contributed by atoms with van der Waals surface area (Å²) in [7, 11) is 0. The van der Waals surface area contributed by atoms with Crippen LogP contribution < -0.4 is 10.1 Å². The fourth-order valence-electron chi connectivity index (χ4n) is 3.83. The topological polar surface area (TPSA) is 58.6 Å². The van der Waals surface area contributed by atoms with Crippen LogP contribution in [-0.2, 0) is 0 Å². The Labute approximate surface area is 163 Å². The highest BCUT2D eigenvalue weighted by Crippen LogP contribution is 2.42. The second-order valence-corrected chi connectivity index (χ2v) is 7.70. The summed E-state index contributed by atoms with van der Waals surface area (Å²) in [6.07, 6.45) is 1.58. The number of carbonyl (C=O) groups excluding carboxylic acids is 2. The smallest absolute Gasteiger partial charge is 0.321 e. The van der Waals surface area contributed by atoms with Gasteiger partial charge in [-0.15, -0.1) is 0 Å². The molecule has 4 rings (SSSR count). The molecule has 2 aromatic rings. The van der Waals surface area contributed by atoms with Crippen LogP contribution in [0.3, 0.4) is 0 Å². The molecule has 1 spiro atoms. The number of fused-ring (bicyclic) bond motifs is 1. The maximum absolute atomic E-state index is 12.7. The first kappa shape index (κ1) is 17.9. The summed E-state index contributed by atoms with van der Waals surface area (Å²) in [6, 6.07) is 12.8. The third-order valence-electron chi connectivity index (χ3n) is 5.33. The number of ketones is 1. The average Bonchev–Trinajstić information content (AvgIpc) is 2.64. The lowest BCUT2D eigenvalue weighted by Gasteiger charge is -2.44. The van der Waals surface area contributed by atoms with Gasteiger partial charge in [0.1, 0.15) is 11.4 Å². The first-order chi connectivity index (χ1) is 13.0. The first-order valence-corrected chi connectivity index (χ1v) is 9.47. The quantitative estimate of drug-likeness (QED) is 0.776. The Balaban J connectivity index is 1.46. The number of nitrogens with zero attached hydrogens (tertiary/aromatic N) is 1. The van der Waals surface area contributed by atoms with E-state index in [1.165, 1.54) is 0 Å². The zero-order valence-corrected chi connectivity index (χ0v) is 15.9. The number of ether oxygens (including phenoxy) is 1. The van der Waals surface area contributed by atoms with Gasteiger partial charge in [0.25, 0.3) is 0 Å². The number of piperidine rings is 1. The number of Topliss-reactive ketones (excluding diaryl/α,β-unsaturated/α-hetero) is 1. The Bertz CT molecular complexity index is 890. The molecule has 1 N–H and O–H groups in total. The van der Waals surface area contributed by atoms with Gasteiger partial charge in [-0.3, -0.25) is 4.79 Å². The fraction of sp³-hybridized carbons (Fsp3) is 0.333. The Hall–Kier alpha value is -2.53. The summed E-state index contributed by atoms with van der Waals surface area (Å²) in [5.74, 6) is 0.696. The molecule has 0 unspecified atom stereocenters. The Morgan fingerprint density at radius 1 is 1.19 bits per heavy atom. The predicted octanol–water partition coefficient (Wildman–Crippen LogP) is 4.68. The van der Waals surface area contributed by atoms with E-state index in [1.807, 2.05) is 43.3 Å². The van der Waals surface area contributed by atoms with Gasteiger partial charge in [-0.05, 0) is 36.8 Å². The van der Waals surface area contributed by atoms with Gasteiger partial charge in [0, 0.05) is 36.6 Å². The average molecular weight is 385 g/mol. The summed E-state index contributed by atoms with van der Waals surface area (Å²) in [5, 5.41) is 3.46. The van der Waals surface area contributed by atoms with Crippen LogP contribution in [0, 0.1) is 6.92 Å². The van der Waals surface area contributed by atoms with Crippen molar-refractivity contribution in [3.05, 3.63) is 58.6 Å². The van der Waals surface area contributed by atoms with Crippen LogP contribution in [0.25, 0.3) is 0 Å². The number of aryl methyl sites for hydroxylation is 1. The van der Waals surface area contributed by atoms with E-state index >= 15 is 0 Å². The first-order valence-electron chi connectivity index (χ1n) is 9.09. The Kier molecular flexibility index (Phi) is 4.56. The zero-order valence-electron chi connectivity index (χ0n) is 15.1. The minimum atomic E-state index is -0.536. The molecule has 0 aliphatic carbocycles. The second-order valence-electron chi connectivity index (χ2n) is 7.27. The standard InChI is InChI=1S/C21H21ClN2O3/c1-14-11-15(22)12-17-18(25)13-21(27-19(14)17)7-9-24(10-8-21)20(26)23-16-5-3-2-4-6-16/h2-6,11-12H,7-10,13H2,1H3,(H,23,26). The number of rotatable bonds is 1. The molecule has 2 heterocycles. The van der Waals surface area contributed by atoms with Crippen molar-refractivity contribution in [3.8, 4) is 5.75 Å². The van der Waals surface area contributed by atoms with E-state index in [-0.39, 0.29) is 11.8 Å². The van der Waals surface area contributed by atoms with E-state index in [2.05, 4.69) is 5.32 Å². The number of para-hydroxylation sites is 1. The monoisotopic (exact) mass is 384 g/mol. The van der Waals surface area contributed by atoms with Gasteiger partial charge in [-0.2, -0.15) is 0 Å². The number of carbonyl (C=O) groups is 2. The molecule has 1 saturated heterocycles. The number of benzene rings is 2. The van der Waals surface area contributed by atoms with Crippen LogP contribution in [-0.4, -0.2) is 35.4 Å². The van der Waals surface area contributed by atoms with Crippen molar-refractivity contribution in [2.24, 2.45) is 0 Å². The number of anilines is 1. The SMILES string of the molecule is Cc1cc(Cl)cc2c1OC1(CCN(C(=O)Nc3ccccc3)CC1)CC2=O. The van der Waals surface area contributed by atoms with Gasteiger partial charge in [0.15, 0.2) is 5.78 Å². The maximum Gasteiger partial charge on any atom is 0.321 e. The lowest BCUT2D eigenvalue weighted by molar-refractivity contribution is -0.000134. The second kappa shape index (κ2) is 6.89. The van der Waals surface area contributed by atoms with E-state index in [4.69, 9.17) is 16.3 Å². The van der Waals surface area contributed by atoms with Crippen LogP contribution in [0.1, 0.15) is 35.2 Å². The van der Waals surface area contributed by atoms with Crippen LogP contribution in [0.5, 0.6) is 5.75 Å². The molecule has 0 saturated carbocycles.